The lowest BCUT2D eigenvalue weighted by atomic mass is 10.0. The maximum Gasteiger partial charge on any atom is 0.335 e. The normalized spacial score (nSPS) is 21.9. The summed E-state index contributed by atoms with van der Waals surface area (Å²) in [6.07, 6.45) is 5.20. The molecule has 0 aliphatic heterocycles. The molecule has 0 aromatic heterocycles. The van der Waals surface area contributed by atoms with Crippen LogP contribution in [0.3, 0.4) is 0 Å². The van der Waals surface area contributed by atoms with Crippen molar-refractivity contribution in [2.45, 2.75) is 13.8 Å². The van der Waals surface area contributed by atoms with E-state index in [1.807, 2.05) is 19.9 Å². The molecule has 1 unspecified atom stereocenters. The number of rotatable bonds is 2. The number of hydrogen-bond donors (Lipinski definition) is 2. The second-order valence-electron chi connectivity index (χ2n) is 3.19. The zero-order valence-electron chi connectivity index (χ0n) is 8.02. The van der Waals surface area contributed by atoms with Gasteiger partial charge in [-0.2, -0.15) is 0 Å². The Morgan fingerprint density at radius 1 is 1.64 bits per heavy atom. The molecule has 1 aliphatic carbocycles. The molecule has 14 heavy (non-hydrogen) atoms. The van der Waals surface area contributed by atoms with Gasteiger partial charge in [-0.1, -0.05) is 35.4 Å². The Morgan fingerprint density at radius 3 is 2.79 bits per heavy atom. The van der Waals surface area contributed by atoms with Crippen molar-refractivity contribution in [3.63, 3.8) is 0 Å². The van der Waals surface area contributed by atoms with Crippen LogP contribution in [-0.2, 0) is 4.79 Å². The predicted molar refractivity (Wildman–Crippen MR) is 63.3 cm³/mol. The number of carboxylic acids is 1. The number of carbonyl (C=O) groups is 1. The molecule has 0 heterocycles. The molecular weight excluding hydrogens is 216 g/mol. The first-order valence-electron chi connectivity index (χ1n) is 4.21. The summed E-state index contributed by atoms with van der Waals surface area (Å²) in [6.45, 7) is 4.03. The Balaban J connectivity index is 3.16. The molecular formula is C10H12O2S2. The maximum atomic E-state index is 10.8. The third-order valence-electron chi connectivity index (χ3n) is 2.27. The molecule has 4 heteroatoms. The fourth-order valence-electron chi connectivity index (χ4n) is 1.15. The molecule has 1 atom stereocenters. The molecule has 0 saturated carbocycles. The molecule has 2 nitrogen and oxygen atoms in total. The molecule has 0 amide bonds. The Hall–Kier alpha value is -0.610. The molecule has 0 saturated heterocycles. The minimum atomic E-state index is -0.900. The van der Waals surface area contributed by atoms with E-state index in [1.165, 1.54) is 10.8 Å². The van der Waals surface area contributed by atoms with Gasteiger partial charge in [0.1, 0.15) is 0 Å². The highest BCUT2D eigenvalue weighted by atomic mass is 33.1. The summed E-state index contributed by atoms with van der Waals surface area (Å²) in [5.74, 6) is -0.638. The molecule has 0 radical (unpaired) electrons. The van der Waals surface area contributed by atoms with Gasteiger partial charge in [0, 0.05) is 4.91 Å². The van der Waals surface area contributed by atoms with Crippen LogP contribution in [0.2, 0.25) is 0 Å². The Bertz CT molecular complexity index is 340. The van der Waals surface area contributed by atoms with Crippen molar-refractivity contribution in [2.24, 2.45) is 5.92 Å². The molecule has 1 rings (SSSR count). The van der Waals surface area contributed by atoms with E-state index in [2.05, 4.69) is 11.7 Å². The standard InChI is InChI=1S/C10H12O2S2/c1-6-3-4-8(10(11)12)5-9(14-13)7(6)2/h3-6,13H,1-2H3,(H,11,12). The van der Waals surface area contributed by atoms with Crippen molar-refractivity contribution in [2.75, 3.05) is 0 Å². The van der Waals surface area contributed by atoms with Gasteiger partial charge in [0.25, 0.3) is 0 Å². The van der Waals surface area contributed by atoms with Gasteiger partial charge in [0.2, 0.25) is 0 Å². The van der Waals surface area contributed by atoms with Crippen LogP contribution in [0.5, 0.6) is 0 Å². The van der Waals surface area contributed by atoms with E-state index < -0.39 is 5.97 Å². The zero-order valence-corrected chi connectivity index (χ0v) is 9.73. The van der Waals surface area contributed by atoms with Gasteiger partial charge >= 0.3 is 5.97 Å². The lowest BCUT2D eigenvalue weighted by Crippen LogP contribution is -1.96. The number of aliphatic carboxylic acids is 1. The Kier molecular flexibility index (Phi) is 3.89. The van der Waals surface area contributed by atoms with E-state index in [9.17, 15) is 4.79 Å². The smallest absolute Gasteiger partial charge is 0.335 e. The van der Waals surface area contributed by atoms with Crippen LogP contribution in [0.4, 0.5) is 0 Å². The summed E-state index contributed by atoms with van der Waals surface area (Å²) in [5, 5.41) is 8.87. The topological polar surface area (TPSA) is 37.3 Å². The summed E-state index contributed by atoms with van der Waals surface area (Å²) >= 11 is 4.11. The number of hydrogen-bond acceptors (Lipinski definition) is 3. The first kappa shape index (κ1) is 11.5. The van der Waals surface area contributed by atoms with Crippen molar-refractivity contribution < 1.29 is 9.90 Å². The average Bonchev–Trinajstić information content (AvgIpc) is 2.28. The second kappa shape index (κ2) is 4.75. The fraction of sp³-hybridized carbons (Fsp3) is 0.300. The van der Waals surface area contributed by atoms with Gasteiger partial charge in [-0.25, -0.2) is 4.79 Å². The SMILES string of the molecule is CC1=C(SS)C=C(C(=O)O)C=CC1C. The van der Waals surface area contributed by atoms with Crippen molar-refractivity contribution in [1.29, 1.82) is 0 Å². The Labute approximate surface area is 92.6 Å². The van der Waals surface area contributed by atoms with Crippen molar-refractivity contribution >= 4 is 28.4 Å². The van der Waals surface area contributed by atoms with Crippen LogP contribution >= 0.6 is 22.5 Å². The Morgan fingerprint density at radius 2 is 2.29 bits per heavy atom. The second-order valence-corrected chi connectivity index (χ2v) is 4.36. The van der Waals surface area contributed by atoms with Crippen LogP contribution in [0.1, 0.15) is 13.8 Å². The van der Waals surface area contributed by atoms with Crippen LogP contribution in [-0.4, -0.2) is 11.1 Å². The van der Waals surface area contributed by atoms with Gasteiger partial charge in [0.15, 0.2) is 0 Å². The minimum Gasteiger partial charge on any atom is -0.478 e. The van der Waals surface area contributed by atoms with Gasteiger partial charge in [-0.3, -0.25) is 0 Å². The molecule has 1 aliphatic rings. The largest absolute Gasteiger partial charge is 0.478 e. The summed E-state index contributed by atoms with van der Waals surface area (Å²) in [5.41, 5.74) is 1.46. The first-order valence-corrected chi connectivity index (χ1v) is 6.08. The van der Waals surface area contributed by atoms with Gasteiger partial charge in [-0.05, 0) is 18.9 Å². The summed E-state index contributed by atoms with van der Waals surface area (Å²) < 4.78 is 0. The number of thiol groups is 1. The fourth-order valence-corrected chi connectivity index (χ4v) is 2.25. The number of carboxylic acid groups (broad SMARTS) is 1. The third kappa shape index (κ3) is 2.45. The summed E-state index contributed by atoms with van der Waals surface area (Å²) in [7, 11) is 1.29. The van der Waals surface area contributed by atoms with E-state index in [-0.39, 0.29) is 5.92 Å². The maximum absolute atomic E-state index is 10.8. The highest BCUT2D eigenvalue weighted by Gasteiger charge is 2.13. The van der Waals surface area contributed by atoms with Crippen LogP contribution in [0.25, 0.3) is 0 Å². The summed E-state index contributed by atoms with van der Waals surface area (Å²) in [6, 6.07) is 0. The highest BCUT2D eigenvalue weighted by molar-refractivity contribution is 8.70. The molecule has 1 N–H and O–H groups in total. The lowest BCUT2D eigenvalue weighted by Gasteiger charge is -2.07. The molecule has 0 aromatic carbocycles. The van der Waals surface area contributed by atoms with E-state index >= 15 is 0 Å². The molecule has 0 aromatic rings. The lowest BCUT2D eigenvalue weighted by molar-refractivity contribution is -0.132. The van der Waals surface area contributed by atoms with E-state index in [4.69, 9.17) is 5.11 Å². The third-order valence-corrected chi connectivity index (χ3v) is 3.49. The van der Waals surface area contributed by atoms with Crippen LogP contribution in [0.15, 0.2) is 34.3 Å². The summed E-state index contributed by atoms with van der Waals surface area (Å²) in [4.78, 5) is 11.7. The first-order chi connectivity index (χ1) is 6.56. The highest BCUT2D eigenvalue weighted by Crippen LogP contribution is 2.32. The van der Waals surface area contributed by atoms with Crippen LogP contribution in [0, 0.1) is 5.92 Å². The van der Waals surface area contributed by atoms with Gasteiger partial charge in [-0.15, -0.1) is 11.7 Å². The predicted octanol–water partition coefficient (Wildman–Crippen LogP) is 3.06. The average molecular weight is 228 g/mol. The molecule has 0 fully saturated rings. The van der Waals surface area contributed by atoms with Crippen molar-refractivity contribution in [1.82, 2.24) is 0 Å². The number of allylic oxidation sites excluding steroid dienone is 3. The van der Waals surface area contributed by atoms with Crippen molar-refractivity contribution in [3.8, 4) is 0 Å². The zero-order chi connectivity index (χ0) is 10.7. The van der Waals surface area contributed by atoms with Crippen LogP contribution < -0.4 is 0 Å². The minimum absolute atomic E-state index is 0.262. The molecule has 76 valence electrons. The van der Waals surface area contributed by atoms with E-state index in [1.54, 1.807) is 12.2 Å². The molecule has 0 bridgehead atoms. The van der Waals surface area contributed by atoms with Gasteiger partial charge in [0.05, 0.1) is 5.57 Å². The molecule has 0 spiro atoms. The van der Waals surface area contributed by atoms with E-state index in [0.29, 0.717) is 5.57 Å². The van der Waals surface area contributed by atoms with Gasteiger partial charge < -0.3 is 5.11 Å². The van der Waals surface area contributed by atoms with E-state index in [0.717, 1.165) is 10.5 Å². The monoisotopic (exact) mass is 228 g/mol. The van der Waals surface area contributed by atoms with Crippen molar-refractivity contribution in [3.05, 3.63) is 34.3 Å². The quantitative estimate of drug-likeness (QED) is 0.563.